The van der Waals surface area contributed by atoms with Crippen molar-refractivity contribution >= 4 is 17.1 Å². The van der Waals surface area contributed by atoms with Gasteiger partial charge >= 0.3 is 6.09 Å². The molecule has 5 nitrogen and oxygen atoms in total. The molecule has 0 unspecified atom stereocenters. The van der Waals surface area contributed by atoms with Gasteiger partial charge in [0.25, 0.3) is 0 Å². The van der Waals surface area contributed by atoms with E-state index in [0.29, 0.717) is 11.0 Å². The Kier molecular flexibility index (Phi) is 5.21. The van der Waals surface area contributed by atoms with E-state index in [1.165, 1.54) is 44.0 Å². The second kappa shape index (κ2) is 7.92. The van der Waals surface area contributed by atoms with Crippen LogP contribution in [0.5, 0.6) is 0 Å². The zero-order chi connectivity index (χ0) is 18.6. The number of rotatable bonds is 5. The van der Waals surface area contributed by atoms with Crippen LogP contribution in [0.25, 0.3) is 22.2 Å². The molecule has 3 aromatic rings. The number of aromatic nitrogens is 2. The van der Waals surface area contributed by atoms with E-state index in [9.17, 15) is 9.90 Å². The van der Waals surface area contributed by atoms with Crippen LogP contribution >= 0.6 is 0 Å². The van der Waals surface area contributed by atoms with Gasteiger partial charge in [-0.1, -0.05) is 43.5 Å². The van der Waals surface area contributed by atoms with Crippen molar-refractivity contribution in [2.75, 3.05) is 6.54 Å². The maximum atomic E-state index is 11.2. The van der Waals surface area contributed by atoms with E-state index in [4.69, 9.17) is 0 Å². The fourth-order valence-corrected chi connectivity index (χ4v) is 4.02. The molecule has 0 atom stereocenters. The molecule has 0 amide bonds. The molecule has 1 heterocycles. The van der Waals surface area contributed by atoms with Crippen LogP contribution in [0.15, 0.2) is 48.8 Å². The highest BCUT2D eigenvalue weighted by atomic mass is 16.4. The maximum Gasteiger partial charge on any atom is 0.417 e. The van der Waals surface area contributed by atoms with Gasteiger partial charge in [-0.25, -0.2) is 14.3 Å². The van der Waals surface area contributed by atoms with Gasteiger partial charge in [-0.05, 0) is 60.2 Å². The van der Waals surface area contributed by atoms with Crippen molar-refractivity contribution in [3.63, 3.8) is 0 Å². The number of nitrogens with zero attached hydrogens (tertiary/aromatic N) is 2. The summed E-state index contributed by atoms with van der Waals surface area (Å²) in [6.07, 6.45) is 7.20. The number of nitrogens with one attached hydrogen (secondary N) is 1. The molecule has 5 heteroatoms. The average molecular weight is 363 g/mol. The Hall–Kier alpha value is -2.66. The first-order valence-corrected chi connectivity index (χ1v) is 9.71. The van der Waals surface area contributed by atoms with E-state index in [-0.39, 0.29) is 0 Å². The van der Waals surface area contributed by atoms with Crippen molar-refractivity contribution in [1.82, 2.24) is 14.9 Å². The van der Waals surface area contributed by atoms with Crippen molar-refractivity contribution < 1.29 is 9.90 Å². The summed E-state index contributed by atoms with van der Waals surface area (Å²) in [7, 11) is 0. The van der Waals surface area contributed by atoms with Crippen molar-refractivity contribution in [1.29, 1.82) is 0 Å². The summed E-state index contributed by atoms with van der Waals surface area (Å²) in [6, 6.07) is 14.2. The highest BCUT2D eigenvalue weighted by molar-refractivity contribution is 5.88. The van der Waals surface area contributed by atoms with Crippen LogP contribution in [0.3, 0.4) is 0 Å². The van der Waals surface area contributed by atoms with Crippen LogP contribution in [-0.2, 0) is 6.54 Å². The van der Waals surface area contributed by atoms with Crippen LogP contribution in [-0.4, -0.2) is 27.3 Å². The van der Waals surface area contributed by atoms with Crippen LogP contribution < -0.4 is 5.32 Å². The highest BCUT2D eigenvalue weighted by Crippen LogP contribution is 2.25. The maximum absolute atomic E-state index is 11.2. The summed E-state index contributed by atoms with van der Waals surface area (Å²) in [5.41, 5.74) is 4.73. The van der Waals surface area contributed by atoms with Gasteiger partial charge in [0.15, 0.2) is 0 Å². The minimum atomic E-state index is -1.02. The lowest BCUT2D eigenvalue weighted by atomic mass is 9.89. The predicted molar refractivity (Wildman–Crippen MR) is 107 cm³/mol. The summed E-state index contributed by atoms with van der Waals surface area (Å²) < 4.78 is 1.14. The zero-order valence-electron chi connectivity index (χ0n) is 15.4. The molecule has 1 aliphatic rings. The molecule has 2 aromatic carbocycles. The predicted octanol–water partition coefficient (Wildman–Crippen LogP) is 4.90. The Morgan fingerprint density at radius 1 is 1.11 bits per heavy atom. The minimum absolute atomic E-state index is 0.608. The lowest BCUT2D eigenvalue weighted by Crippen LogP contribution is -2.24. The average Bonchev–Trinajstić information content (AvgIpc) is 3.13. The smallest absolute Gasteiger partial charge is 0.417 e. The topological polar surface area (TPSA) is 67.1 Å². The summed E-state index contributed by atoms with van der Waals surface area (Å²) in [4.78, 5) is 15.4. The molecule has 1 saturated carbocycles. The quantitative estimate of drug-likeness (QED) is 0.677. The van der Waals surface area contributed by atoms with E-state index in [2.05, 4.69) is 34.6 Å². The largest absolute Gasteiger partial charge is 0.464 e. The van der Waals surface area contributed by atoms with Crippen LogP contribution in [0.1, 0.15) is 37.7 Å². The molecule has 4 rings (SSSR count). The lowest BCUT2D eigenvalue weighted by molar-refractivity contribution is 0.197. The summed E-state index contributed by atoms with van der Waals surface area (Å²) in [5.74, 6) is 0.827. The standard InChI is InChI=1S/C22H25N3O2/c26-22(27)25-15-24-20-12-19(9-10-21(20)25)18-8-4-7-17(11-18)14-23-13-16-5-2-1-3-6-16/h4,7-12,15-16,23H,1-3,5-6,13-14H2,(H,26,27). The number of imidazole rings is 1. The van der Waals surface area contributed by atoms with E-state index in [0.717, 1.165) is 34.7 Å². The SMILES string of the molecule is O=C(O)n1cnc2cc(-c3cccc(CNCC4CCCCC4)c3)ccc21. The Bertz CT molecular complexity index is 942. The molecule has 0 saturated heterocycles. The van der Waals surface area contributed by atoms with Gasteiger partial charge in [-0.2, -0.15) is 0 Å². The number of hydrogen-bond donors (Lipinski definition) is 2. The number of fused-ring (bicyclic) bond motifs is 1. The van der Waals surface area contributed by atoms with Gasteiger partial charge in [-0.15, -0.1) is 0 Å². The van der Waals surface area contributed by atoms with Crippen LogP contribution in [0.2, 0.25) is 0 Å². The molecular weight excluding hydrogens is 338 g/mol. The van der Waals surface area contributed by atoms with Gasteiger partial charge in [0.05, 0.1) is 11.0 Å². The molecular formula is C22H25N3O2. The Labute approximate surface area is 159 Å². The molecule has 27 heavy (non-hydrogen) atoms. The number of benzene rings is 2. The molecule has 1 aromatic heterocycles. The highest BCUT2D eigenvalue weighted by Gasteiger charge is 2.13. The first-order chi connectivity index (χ1) is 13.2. The summed E-state index contributed by atoms with van der Waals surface area (Å²) in [5, 5.41) is 12.8. The van der Waals surface area contributed by atoms with Crippen molar-refractivity contribution in [2.45, 2.75) is 38.6 Å². The van der Waals surface area contributed by atoms with Gasteiger partial charge in [0.1, 0.15) is 6.33 Å². The zero-order valence-corrected chi connectivity index (χ0v) is 15.4. The second-order valence-electron chi connectivity index (χ2n) is 7.44. The molecule has 1 aliphatic carbocycles. The monoisotopic (exact) mass is 363 g/mol. The normalized spacial score (nSPS) is 15.3. The van der Waals surface area contributed by atoms with Gasteiger partial charge in [-0.3, -0.25) is 0 Å². The number of hydrogen-bond acceptors (Lipinski definition) is 3. The van der Waals surface area contributed by atoms with Crippen molar-refractivity contribution in [3.8, 4) is 11.1 Å². The molecule has 140 valence electrons. The van der Waals surface area contributed by atoms with E-state index >= 15 is 0 Å². The van der Waals surface area contributed by atoms with E-state index in [1.54, 1.807) is 0 Å². The third kappa shape index (κ3) is 4.03. The van der Waals surface area contributed by atoms with Gasteiger partial charge in [0, 0.05) is 6.54 Å². The first-order valence-electron chi connectivity index (χ1n) is 9.71. The summed E-state index contributed by atoms with van der Waals surface area (Å²) in [6.45, 7) is 1.98. The molecule has 1 fully saturated rings. The van der Waals surface area contributed by atoms with Gasteiger partial charge in [0.2, 0.25) is 0 Å². The minimum Gasteiger partial charge on any atom is -0.464 e. The molecule has 0 spiro atoms. The lowest BCUT2D eigenvalue weighted by Gasteiger charge is -2.21. The Morgan fingerprint density at radius 3 is 2.74 bits per heavy atom. The molecule has 0 radical (unpaired) electrons. The fourth-order valence-electron chi connectivity index (χ4n) is 4.02. The van der Waals surface area contributed by atoms with Crippen molar-refractivity contribution in [3.05, 3.63) is 54.4 Å². The second-order valence-corrected chi connectivity index (χ2v) is 7.44. The molecule has 2 N–H and O–H groups in total. The third-order valence-corrected chi connectivity index (χ3v) is 5.50. The van der Waals surface area contributed by atoms with Crippen LogP contribution in [0, 0.1) is 5.92 Å². The Morgan fingerprint density at radius 2 is 1.93 bits per heavy atom. The van der Waals surface area contributed by atoms with Crippen LogP contribution in [0.4, 0.5) is 4.79 Å². The fraction of sp³-hybridized carbons (Fsp3) is 0.364. The molecule has 0 aliphatic heterocycles. The Balaban J connectivity index is 1.46. The van der Waals surface area contributed by atoms with Gasteiger partial charge < -0.3 is 10.4 Å². The molecule has 0 bridgehead atoms. The van der Waals surface area contributed by atoms with E-state index in [1.807, 2.05) is 18.2 Å². The third-order valence-electron chi connectivity index (χ3n) is 5.50. The number of carbonyl (C=O) groups is 1. The summed E-state index contributed by atoms with van der Waals surface area (Å²) >= 11 is 0. The van der Waals surface area contributed by atoms with Crippen molar-refractivity contribution in [2.24, 2.45) is 5.92 Å². The first kappa shape index (κ1) is 17.7. The van der Waals surface area contributed by atoms with E-state index < -0.39 is 6.09 Å². The number of carboxylic acid groups (broad SMARTS) is 1.